The maximum Gasteiger partial charge on any atom is 0.387 e. The highest BCUT2D eigenvalue weighted by molar-refractivity contribution is 7.08. The highest BCUT2D eigenvalue weighted by Gasteiger charge is 2.15. The van der Waals surface area contributed by atoms with Crippen LogP contribution in [-0.4, -0.2) is 43.5 Å². The summed E-state index contributed by atoms with van der Waals surface area (Å²) in [5, 5.41) is 6.04. The summed E-state index contributed by atoms with van der Waals surface area (Å²) in [5.74, 6) is -0.482. The van der Waals surface area contributed by atoms with Crippen molar-refractivity contribution in [1.82, 2.24) is 10.2 Å². The smallest absolute Gasteiger partial charge is 0.387 e. The van der Waals surface area contributed by atoms with Gasteiger partial charge in [-0.2, -0.15) is 20.1 Å². The third kappa shape index (κ3) is 6.21. The number of carbonyl (C=O) groups is 2. The molecule has 2 amide bonds. The molecular weight excluding hydrogens is 378 g/mol. The zero-order valence-corrected chi connectivity index (χ0v) is 15.7. The lowest BCUT2D eigenvalue weighted by atomic mass is 10.2. The van der Waals surface area contributed by atoms with Gasteiger partial charge in [0.2, 0.25) is 5.91 Å². The van der Waals surface area contributed by atoms with E-state index in [1.54, 1.807) is 42.9 Å². The first kappa shape index (κ1) is 20.6. The van der Waals surface area contributed by atoms with E-state index in [1.165, 1.54) is 22.3 Å². The second-order valence-corrected chi connectivity index (χ2v) is 6.32. The molecule has 0 aliphatic rings. The summed E-state index contributed by atoms with van der Waals surface area (Å²) in [6.45, 7) is -0.860. The van der Waals surface area contributed by atoms with Crippen LogP contribution in [-0.2, 0) is 11.3 Å². The van der Waals surface area contributed by atoms with E-state index in [0.717, 1.165) is 0 Å². The molecule has 0 saturated heterocycles. The molecule has 1 heterocycles. The monoisotopic (exact) mass is 398 g/mol. The molecule has 27 heavy (non-hydrogen) atoms. The van der Waals surface area contributed by atoms with Crippen molar-refractivity contribution in [3.63, 3.8) is 0 Å². The van der Waals surface area contributed by atoms with Crippen LogP contribution in [0.1, 0.15) is 22.8 Å². The maximum atomic E-state index is 12.4. The SMILES string of the molecule is CCOc1cc(CN(C)C(=O)CNC(=O)c2ccsc2)ccc1OC(F)F. The number of rotatable bonds is 9. The third-order valence-corrected chi connectivity index (χ3v) is 4.24. The van der Waals surface area contributed by atoms with Crippen molar-refractivity contribution in [2.75, 3.05) is 20.2 Å². The maximum absolute atomic E-state index is 12.4. The van der Waals surface area contributed by atoms with E-state index in [2.05, 4.69) is 10.1 Å². The number of thiophene rings is 1. The molecule has 0 aliphatic carbocycles. The zero-order valence-electron chi connectivity index (χ0n) is 14.9. The molecule has 0 bridgehead atoms. The Morgan fingerprint density at radius 3 is 2.67 bits per heavy atom. The van der Waals surface area contributed by atoms with Crippen molar-refractivity contribution in [3.8, 4) is 11.5 Å². The lowest BCUT2D eigenvalue weighted by Crippen LogP contribution is -2.37. The number of nitrogens with one attached hydrogen (secondary N) is 1. The number of amides is 2. The van der Waals surface area contributed by atoms with Gasteiger partial charge in [0.05, 0.1) is 13.2 Å². The summed E-state index contributed by atoms with van der Waals surface area (Å²) in [7, 11) is 1.59. The lowest BCUT2D eigenvalue weighted by molar-refractivity contribution is -0.129. The first-order chi connectivity index (χ1) is 12.9. The molecular formula is C18H20F2N2O4S. The average molecular weight is 398 g/mol. The van der Waals surface area contributed by atoms with Gasteiger partial charge in [0, 0.05) is 24.5 Å². The predicted molar refractivity (Wildman–Crippen MR) is 97.4 cm³/mol. The number of hydrogen-bond acceptors (Lipinski definition) is 5. The Morgan fingerprint density at radius 1 is 1.26 bits per heavy atom. The number of hydrogen-bond donors (Lipinski definition) is 1. The Labute approximate surface area is 159 Å². The van der Waals surface area contributed by atoms with Crippen molar-refractivity contribution >= 4 is 23.2 Å². The first-order valence-electron chi connectivity index (χ1n) is 8.15. The van der Waals surface area contributed by atoms with Gasteiger partial charge in [-0.25, -0.2) is 0 Å². The fourth-order valence-corrected chi connectivity index (χ4v) is 2.90. The van der Waals surface area contributed by atoms with Crippen LogP contribution in [0, 0.1) is 0 Å². The van der Waals surface area contributed by atoms with Crippen LogP contribution < -0.4 is 14.8 Å². The van der Waals surface area contributed by atoms with Crippen LogP contribution in [0.25, 0.3) is 0 Å². The van der Waals surface area contributed by atoms with Crippen LogP contribution in [0.5, 0.6) is 11.5 Å². The molecule has 0 radical (unpaired) electrons. The molecule has 0 unspecified atom stereocenters. The number of alkyl halides is 2. The minimum atomic E-state index is -2.95. The molecule has 2 aromatic rings. The van der Waals surface area contributed by atoms with E-state index in [0.29, 0.717) is 11.1 Å². The molecule has 2 rings (SSSR count). The van der Waals surface area contributed by atoms with E-state index >= 15 is 0 Å². The molecule has 1 aromatic heterocycles. The van der Waals surface area contributed by atoms with Gasteiger partial charge in [0.1, 0.15) is 0 Å². The molecule has 1 N–H and O–H groups in total. The minimum Gasteiger partial charge on any atom is -0.490 e. The van der Waals surface area contributed by atoms with Gasteiger partial charge in [-0.3, -0.25) is 9.59 Å². The van der Waals surface area contributed by atoms with Crippen LogP contribution in [0.15, 0.2) is 35.0 Å². The fourth-order valence-electron chi connectivity index (χ4n) is 2.26. The first-order valence-corrected chi connectivity index (χ1v) is 9.10. The van der Waals surface area contributed by atoms with Gasteiger partial charge in [0.15, 0.2) is 11.5 Å². The summed E-state index contributed by atoms with van der Waals surface area (Å²) in [6.07, 6.45) is 0. The topological polar surface area (TPSA) is 67.9 Å². The highest BCUT2D eigenvalue weighted by Crippen LogP contribution is 2.30. The van der Waals surface area contributed by atoms with E-state index in [9.17, 15) is 18.4 Å². The van der Waals surface area contributed by atoms with Gasteiger partial charge < -0.3 is 19.7 Å². The van der Waals surface area contributed by atoms with Crippen molar-refractivity contribution in [1.29, 1.82) is 0 Å². The molecule has 6 nitrogen and oxygen atoms in total. The molecule has 146 valence electrons. The minimum absolute atomic E-state index is 0.0624. The summed E-state index contributed by atoms with van der Waals surface area (Å²) >= 11 is 1.40. The van der Waals surface area contributed by atoms with Crippen LogP contribution in [0.3, 0.4) is 0 Å². The van der Waals surface area contributed by atoms with Gasteiger partial charge in [-0.15, -0.1) is 0 Å². The summed E-state index contributed by atoms with van der Waals surface area (Å²) in [4.78, 5) is 25.5. The van der Waals surface area contributed by atoms with Gasteiger partial charge >= 0.3 is 6.61 Å². The van der Waals surface area contributed by atoms with Crippen molar-refractivity contribution in [2.45, 2.75) is 20.1 Å². The Kier molecular flexibility index (Phi) is 7.54. The zero-order chi connectivity index (χ0) is 19.8. The molecule has 1 aromatic carbocycles. The van der Waals surface area contributed by atoms with Gasteiger partial charge in [0.25, 0.3) is 5.91 Å². The molecule has 0 saturated carbocycles. The van der Waals surface area contributed by atoms with E-state index in [1.807, 2.05) is 0 Å². The predicted octanol–water partition coefficient (Wildman–Crippen LogP) is 3.14. The van der Waals surface area contributed by atoms with Crippen LogP contribution >= 0.6 is 11.3 Å². The molecule has 0 spiro atoms. The summed E-state index contributed by atoms with van der Waals surface area (Å²) in [6, 6.07) is 6.18. The Hall–Kier alpha value is -2.68. The van der Waals surface area contributed by atoms with E-state index in [4.69, 9.17) is 4.74 Å². The summed E-state index contributed by atoms with van der Waals surface area (Å²) < 4.78 is 34.6. The normalized spacial score (nSPS) is 10.6. The van der Waals surface area contributed by atoms with Gasteiger partial charge in [-0.1, -0.05) is 6.07 Å². The molecule has 9 heteroatoms. The van der Waals surface area contributed by atoms with Crippen LogP contribution in [0.2, 0.25) is 0 Å². The standard InChI is InChI=1S/C18H20F2N2O4S/c1-3-25-15-8-12(4-5-14(15)26-18(19)20)10-22(2)16(23)9-21-17(24)13-6-7-27-11-13/h4-8,11,18H,3,9-10H2,1-2H3,(H,21,24). The van der Waals surface area contributed by atoms with E-state index in [-0.39, 0.29) is 43.0 Å². The Morgan fingerprint density at radius 2 is 2.04 bits per heavy atom. The number of nitrogens with zero attached hydrogens (tertiary/aromatic N) is 1. The van der Waals surface area contributed by atoms with Crippen molar-refractivity contribution in [2.24, 2.45) is 0 Å². The lowest BCUT2D eigenvalue weighted by Gasteiger charge is -2.19. The fraction of sp³-hybridized carbons (Fsp3) is 0.333. The molecule has 0 atom stereocenters. The highest BCUT2D eigenvalue weighted by atomic mass is 32.1. The van der Waals surface area contributed by atoms with E-state index < -0.39 is 6.61 Å². The number of halogens is 2. The number of ether oxygens (including phenoxy) is 2. The average Bonchev–Trinajstić information content (AvgIpc) is 3.16. The van der Waals surface area contributed by atoms with Crippen molar-refractivity contribution in [3.05, 3.63) is 46.2 Å². The second-order valence-electron chi connectivity index (χ2n) is 5.54. The number of likely N-dealkylation sites (N-methyl/N-ethyl adjacent to an activating group) is 1. The Bertz CT molecular complexity index is 769. The number of benzene rings is 1. The quantitative estimate of drug-likeness (QED) is 0.705. The largest absolute Gasteiger partial charge is 0.490 e. The number of carbonyl (C=O) groups excluding carboxylic acids is 2. The van der Waals surface area contributed by atoms with Crippen molar-refractivity contribution < 1.29 is 27.8 Å². The molecule has 0 aliphatic heterocycles. The Balaban J connectivity index is 1.95. The second kappa shape index (κ2) is 9.86. The summed E-state index contributed by atoms with van der Waals surface area (Å²) in [5.41, 5.74) is 1.19. The third-order valence-electron chi connectivity index (χ3n) is 3.55. The van der Waals surface area contributed by atoms with Crippen LogP contribution in [0.4, 0.5) is 8.78 Å². The van der Waals surface area contributed by atoms with Gasteiger partial charge in [-0.05, 0) is 36.1 Å². The molecule has 0 fully saturated rings.